The highest BCUT2D eigenvalue weighted by Gasteiger charge is 2.23. The van der Waals surface area contributed by atoms with E-state index in [0.717, 1.165) is 13.1 Å². The zero-order chi connectivity index (χ0) is 25.1. The molecule has 1 aromatic heterocycles. The maximum Gasteiger partial charge on any atom is 0.259 e. The molecule has 0 saturated carbocycles. The number of amidine groups is 1. The van der Waals surface area contributed by atoms with Crippen molar-refractivity contribution < 1.29 is 23.0 Å². The number of hydrogen-bond acceptors (Lipinski definition) is 6. The maximum absolute atomic E-state index is 14.8. The number of halogens is 2. The fourth-order valence-electron chi connectivity index (χ4n) is 3.58. The lowest BCUT2D eigenvalue weighted by atomic mass is 10.1. The van der Waals surface area contributed by atoms with Gasteiger partial charge in [-0.2, -0.15) is 4.98 Å². The quantitative estimate of drug-likeness (QED) is 0.408. The van der Waals surface area contributed by atoms with E-state index in [1.807, 2.05) is 7.05 Å². The number of rotatable bonds is 6. The maximum atomic E-state index is 14.8. The number of pyridine rings is 1. The monoisotopic (exact) mass is 481 g/mol. The fourth-order valence-corrected chi connectivity index (χ4v) is 3.58. The summed E-state index contributed by atoms with van der Waals surface area (Å²) in [6, 6.07) is 12.5. The molecule has 3 aromatic rings. The van der Waals surface area contributed by atoms with Gasteiger partial charge < -0.3 is 25.0 Å². The molecule has 1 aliphatic rings. The molecule has 3 N–H and O–H groups in total. The lowest BCUT2D eigenvalue weighted by molar-refractivity contribution is 0.0663. The van der Waals surface area contributed by atoms with Crippen molar-refractivity contribution in [3.8, 4) is 23.3 Å². The van der Waals surface area contributed by atoms with Crippen LogP contribution >= 0.6 is 0 Å². The van der Waals surface area contributed by atoms with Crippen LogP contribution in [0.4, 0.5) is 8.78 Å². The predicted molar refractivity (Wildman–Crippen MR) is 126 cm³/mol. The van der Waals surface area contributed by atoms with Crippen molar-refractivity contribution in [3.63, 3.8) is 0 Å². The number of carbonyl (C=O) groups is 1. The molecule has 35 heavy (non-hydrogen) atoms. The Morgan fingerprint density at radius 2 is 1.46 bits per heavy atom. The number of nitrogen functional groups attached to an aromatic ring is 1. The van der Waals surface area contributed by atoms with Crippen molar-refractivity contribution in [2.75, 3.05) is 33.2 Å². The van der Waals surface area contributed by atoms with Crippen molar-refractivity contribution >= 4 is 11.7 Å². The van der Waals surface area contributed by atoms with E-state index in [0.29, 0.717) is 24.2 Å². The number of ether oxygens (including phenoxy) is 2. The Labute approximate surface area is 201 Å². The van der Waals surface area contributed by atoms with E-state index >= 15 is 0 Å². The number of hydrogen-bond donors (Lipinski definition) is 2. The van der Waals surface area contributed by atoms with Crippen molar-refractivity contribution in [2.45, 2.75) is 6.92 Å². The van der Waals surface area contributed by atoms with Gasteiger partial charge in [0.25, 0.3) is 17.7 Å². The van der Waals surface area contributed by atoms with Crippen LogP contribution in [-0.4, -0.2) is 59.8 Å². The number of likely N-dealkylation sites (N-methyl/N-ethyl adjacent to an activating group) is 1. The Hall–Kier alpha value is -4.05. The zero-order valence-corrected chi connectivity index (χ0v) is 19.3. The number of piperazine rings is 1. The Morgan fingerprint density at radius 3 is 2.00 bits per heavy atom. The second kappa shape index (κ2) is 10.1. The summed E-state index contributed by atoms with van der Waals surface area (Å²) in [5.74, 6) is -2.95. The van der Waals surface area contributed by atoms with Crippen LogP contribution in [0.5, 0.6) is 23.3 Å². The highest BCUT2D eigenvalue weighted by atomic mass is 19.1. The molecule has 2 heterocycles. The second-order valence-corrected chi connectivity index (χ2v) is 8.24. The van der Waals surface area contributed by atoms with Crippen LogP contribution in [0.3, 0.4) is 0 Å². The summed E-state index contributed by atoms with van der Waals surface area (Å²) in [7, 11) is 2.00. The van der Waals surface area contributed by atoms with E-state index in [1.54, 1.807) is 35.2 Å². The summed E-state index contributed by atoms with van der Waals surface area (Å²) in [4.78, 5) is 20.7. The van der Waals surface area contributed by atoms with Crippen LogP contribution in [0.2, 0.25) is 0 Å². The largest absolute Gasteiger partial charge is 0.436 e. The van der Waals surface area contributed by atoms with E-state index in [1.165, 1.54) is 25.1 Å². The Morgan fingerprint density at radius 1 is 0.943 bits per heavy atom. The molecule has 0 spiro atoms. The average Bonchev–Trinajstić information content (AvgIpc) is 2.86. The highest BCUT2D eigenvalue weighted by molar-refractivity contribution is 5.95. The van der Waals surface area contributed by atoms with E-state index < -0.39 is 23.4 Å². The van der Waals surface area contributed by atoms with Gasteiger partial charge >= 0.3 is 0 Å². The van der Waals surface area contributed by atoms with Gasteiger partial charge in [0.15, 0.2) is 11.6 Å². The second-order valence-electron chi connectivity index (χ2n) is 8.24. The van der Waals surface area contributed by atoms with Gasteiger partial charge in [0.05, 0.1) is 0 Å². The van der Waals surface area contributed by atoms with Crippen LogP contribution in [0, 0.1) is 24.0 Å². The van der Waals surface area contributed by atoms with Gasteiger partial charge in [-0.05, 0) is 44.3 Å². The lowest BCUT2D eigenvalue weighted by Gasteiger charge is -2.32. The third-order valence-electron chi connectivity index (χ3n) is 5.68. The van der Waals surface area contributed by atoms with Gasteiger partial charge in [0.2, 0.25) is 0 Å². The number of benzene rings is 2. The third-order valence-corrected chi connectivity index (χ3v) is 5.68. The topological polar surface area (TPSA) is 105 Å². The first kappa shape index (κ1) is 24.1. The number of nitrogens with one attached hydrogen (secondary N) is 1. The first-order valence-corrected chi connectivity index (χ1v) is 11.0. The van der Waals surface area contributed by atoms with Crippen molar-refractivity contribution in [3.05, 3.63) is 76.9 Å². The van der Waals surface area contributed by atoms with Crippen LogP contribution < -0.4 is 15.2 Å². The summed E-state index contributed by atoms with van der Waals surface area (Å²) in [5, 5.41) is 7.53. The van der Waals surface area contributed by atoms with Crippen molar-refractivity contribution in [1.82, 2.24) is 14.8 Å². The number of aromatic nitrogens is 1. The number of amides is 1. The van der Waals surface area contributed by atoms with Crippen LogP contribution in [0.25, 0.3) is 0 Å². The average molecular weight is 482 g/mol. The Balaban J connectivity index is 1.58. The van der Waals surface area contributed by atoms with Crippen LogP contribution in [0.1, 0.15) is 21.5 Å². The molecule has 8 nitrogen and oxygen atoms in total. The lowest BCUT2D eigenvalue weighted by Crippen LogP contribution is -2.47. The molecule has 0 aliphatic carbocycles. The van der Waals surface area contributed by atoms with E-state index in [-0.39, 0.29) is 28.8 Å². The van der Waals surface area contributed by atoms with Gasteiger partial charge in [-0.3, -0.25) is 10.2 Å². The molecule has 4 rings (SSSR count). The molecule has 0 unspecified atom stereocenters. The minimum Gasteiger partial charge on any atom is -0.436 e. The van der Waals surface area contributed by atoms with Crippen LogP contribution in [0.15, 0.2) is 48.5 Å². The smallest absolute Gasteiger partial charge is 0.259 e. The molecule has 182 valence electrons. The molecule has 1 amide bonds. The first-order chi connectivity index (χ1) is 16.7. The predicted octanol–water partition coefficient (Wildman–Crippen LogP) is 3.92. The molecule has 10 heteroatoms. The van der Waals surface area contributed by atoms with E-state index in [2.05, 4.69) is 9.88 Å². The third kappa shape index (κ3) is 5.38. The molecule has 1 aliphatic heterocycles. The Bertz CT molecular complexity index is 1280. The first-order valence-electron chi connectivity index (χ1n) is 11.0. The van der Waals surface area contributed by atoms with Gasteiger partial charge in [0, 0.05) is 42.9 Å². The number of nitrogens with two attached hydrogens (primary N) is 1. The van der Waals surface area contributed by atoms with E-state index in [4.69, 9.17) is 20.6 Å². The van der Waals surface area contributed by atoms with Gasteiger partial charge in [-0.15, -0.1) is 0 Å². The number of nitrogens with zero attached hydrogens (tertiary/aromatic N) is 3. The summed E-state index contributed by atoms with van der Waals surface area (Å²) in [5.41, 5.74) is 5.92. The minimum absolute atomic E-state index is 0.151. The molecule has 0 bridgehead atoms. The van der Waals surface area contributed by atoms with Crippen molar-refractivity contribution in [1.29, 1.82) is 5.41 Å². The summed E-state index contributed by atoms with van der Waals surface area (Å²) in [6.45, 7) is 4.03. The van der Waals surface area contributed by atoms with Crippen molar-refractivity contribution in [2.24, 2.45) is 5.73 Å². The summed E-state index contributed by atoms with van der Waals surface area (Å²) in [6.07, 6.45) is 0. The molecule has 0 atom stereocenters. The highest BCUT2D eigenvalue weighted by Crippen LogP contribution is 2.33. The normalized spacial score (nSPS) is 14.0. The molecule has 1 saturated heterocycles. The zero-order valence-electron chi connectivity index (χ0n) is 19.3. The van der Waals surface area contributed by atoms with Crippen LogP contribution in [-0.2, 0) is 0 Å². The summed E-state index contributed by atoms with van der Waals surface area (Å²) < 4.78 is 40.7. The van der Waals surface area contributed by atoms with Gasteiger partial charge in [-0.25, -0.2) is 8.78 Å². The van der Waals surface area contributed by atoms with Gasteiger partial charge in [0.1, 0.15) is 17.3 Å². The molecule has 2 aromatic carbocycles. The standard InChI is InChI=1S/C25H25F2N5O3/c1-15-20(26)23(34-18-7-3-5-16(13-18)22(28)29)30-24(21(15)27)35-19-8-4-6-17(14-19)25(33)32-11-9-31(2)10-12-32/h3-8,13-14H,9-12H2,1-2H3,(H3,28,29). The number of carbonyl (C=O) groups excluding carboxylic acids is 1. The molecular formula is C25H25F2N5O3. The molecule has 0 radical (unpaired) electrons. The molecule has 1 fully saturated rings. The van der Waals surface area contributed by atoms with Gasteiger partial charge in [-0.1, -0.05) is 18.2 Å². The van der Waals surface area contributed by atoms with E-state index in [9.17, 15) is 13.6 Å². The summed E-state index contributed by atoms with van der Waals surface area (Å²) >= 11 is 0. The minimum atomic E-state index is -0.984. The SMILES string of the molecule is Cc1c(F)c(Oc2cccc(C(=N)N)c2)nc(Oc2cccc(C(=O)N3CCN(C)CC3)c2)c1F. The Kier molecular flexibility index (Phi) is 6.92. The fraction of sp³-hybridized carbons (Fsp3) is 0.240. The molecular weight excluding hydrogens is 456 g/mol.